The van der Waals surface area contributed by atoms with Crippen LogP contribution in [0.5, 0.6) is 11.6 Å². The highest BCUT2D eigenvalue weighted by Gasteiger charge is 2.41. The third-order valence-corrected chi connectivity index (χ3v) is 6.88. The molecule has 1 saturated heterocycles. The Kier molecular flexibility index (Phi) is 6.55. The fourth-order valence-electron chi connectivity index (χ4n) is 3.55. The number of sulfonamides is 1. The van der Waals surface area contributed by atoms with E-state index in [1.807, 2.05) is 0 Å². The van der Waals surface area contributed by atoms with E-state index in [1.165, 1.54) is 39.5 Å². The van der Waals surface area contributed by atoms with Gasteiger partial charge in [0.2, 0.25) is 5.88 Å². The summed E-state index contributed by atoms with van der Waals surface area (Å²) in [5.41, 5.74) is 0.394. The molecule has 1 amide bonds. The number of ether oxygens (including phenoxy) is 4. The summed E-state index contributed by atoms with van der Waals surface area (Å²) < 4.78 is 51.3. The second-order valence-electron chi connectivity index (χ2n) is 7.56. The fraction of sp³-hybridized carbons (Fsp3) is 0.318. The molecule has 0 saturated carbocycles. The summed E-state index contributed by atoms with van der Waals surface area (Å²) in [5, 5.41) is 4.13. The second kappa shape index (κ2) is 9.41. The molecule has 11 nitrogen and oxygen atoms in total. The Bertz CT molecular complexity index is 1280. The third kappa shape index (κ3) is 4.47. The highest BCUT2D eigenvalue weighted by molar-refractivity contribution is 7.90. The number of rotatable bonds is 9. The van der Waals surface area contributed by atoms with Crippen molar-refractivity contribution in [2.75, 3.05) is 34.5 Å². The molecule has 0 radical (unpaired) electrons. The van der Waals surface area contributed by atoms with Gasteiger partial charge in [-0.2, -0.15) is 5.10 Å². The van der Waals surface area contributed by atoms with E-state index in [4.69, 9.17) is 18.9 Å². The Balaban J connectivity index is 1.60. The molecule has 0 bridgehead atoms. The maximum absolute atomic E-state index is 13.1. The van der Waals surface area contributed by atoms with Crippen molar-refractivity contribution in [3.8, 4) is 11.6 Å². The number of nitrogens with zero attached hydrogens (tertiary/aromatic N) is 3. The Labute approximate surface area is 196 Å². The van der Waals surface area contributed by atoms with Crippen LogP contribution in [-0.2, 0) is 31.6 Å². The molecule has 0 atom stereocenters. The van der Waals surface area contributed by atoms with Crippen molar-refractivity contribution < 1.29 is 32.2 Å². The van der Waals surface area contributed by atoms with Crippen molar-refractivity contribution in [2.45, 2.75) is 17.0 Å². The van der Waals surface area contributed by atoms with Crippen molar-refractivity contribution in [3.63, 3.8) is 0 Å². The molecule has 1 aromatic carbocycles. The number of amides is 1. The number of methoxy groups -OCH3 is 3. The van der Waals surface area contributed by atoms with E-state index in [9.17, 15) is 13.2 Å². The normalized spacial score (nSPS) is 14.8. The molecule has 0 unspecified atom stereocenters. The third-order valence-electron chi connectivity index (χ3n) is 5.52. The van der Waals surface area contributed by atoms with Gasteiger partial charge >= 0.3 is 0 Å². The summed E-state index contributed by atoms with van der Waals surface area (Å²) in [6.45, 7) is 0.949. The van der Waals surface area contributed by atoms with Crippen LogP contribution in [0.2, 0.25) is 0 Å². The van der Waals surface area contributed by atoms with Gasteiger partial charge in [0.15, 0.2) is 0 Å². The molecule has 3 aromatic rings. The molecule has 2 aromatic heterocycles. The topological polar surface area (TPSA) is 131 Å². The Morgan fingerprint density at radius 2 is 1.97 bits per heavy atom. The van der Waals surface area contributed by atoms with E-state index < -0.39 is 21.5 Å². The van der Waals surface area contributed by atoms with Gasteiger partial charge in [0, 0.05) is 25.1 Å². The lowest BCUT2D eigenvalue weighted by molar-refractivity contribution is -0.202. The molecule has 1 aliphatic heterocycles. The SMILES string of the molecule is COc1ccc(C2(OC)COC2)cc1S(=O)(=O)NC(=O)c1ccc(Cn2cccn2)c(OC)n1. The highest BCUT2D eigenvalue weighted by Crippen LogP contribution is 2.36. The van der Waals surface area contributed by atoms with Gasteiger partial charge in [-0.1, -0.05) is 6.07 Å². The molecule has 12 heteroatoms. The fourth-order valence-corrected chi connectivity index (χ4v) is 4.71. The molecule has 180 valence electrons. The Hall–Kier alpha value is -3.48. The highest BCUT2D eigenvalue weighted by atomic mass is 32.2. The zero-order chi connectivity index (χ0) is 24.3. The van der Waals surface area contributed by atoms with Crippen LogP contribution >= 0.6 is 0 Å². The number of aromatic nitrogens is 3. The predicted molar refractivity (Wildman–Crippen MR) is 119 cm³/mol. The van der Waals surface area contributed by atoms with Crippen molar-refractivity contribution in [1.82, 2.24) is 19.5 Å². The van der Waals surface area contributed by atoms with E-state index in [0.29, 0.717) is 17.7 Å². The Morgan fingerprint density at radius 1 is 1.18 bits per heavy atom. The number of carbonyl (C=O) groups excluding carboxylic acids is 1. The zero-order valence-corrected chi connectivity index (χ0v) is 19.7. The van der Waals surface area contributed by atoms with Crippen LogP contribution in [0.15, 0.2) is 53.7 Å². The lowest BCUT2D eigenvalue weighted by Gasteiger charge is -2.40. The van der Waals surface area contributed by atoms with Gasteiger partial charge in [0.25, 0.3) is 15.9 Å². The Morgan fingerprint density at radius 3 is 2.56 bits per heavy atom. The van der Waals surface area contributed by atoms with E-state index in [2.05, 4.69) is 14.8 Å². The lowest BCUT2D eigenvalue weighted by atomic mass is 9.92. The minimum Gasteiger partial charge on any atom is -0.495 e. The number of carbonyl (C=O) groups is 1. The lowest BCUT2D eigenvalue weighted by Crippen LogP contribution is -2.48. The van der Waals surface area contributed by atoms with Gasteiger partial charge in [0.1, 0.15) is 21.9 Å². The van der Waals surface area contributed by atoms with Crippen molar-refractivity contribution in [1.29, 1.82) is 0 Å². The van der Waals surface area contributed by atoms with Gasteiger partial charge in [-0.3, -0.25) is 9.48 Å². The molecule has 4 rings (SSSR count). The summed E-state index contributed by atoms with van der Waals surface area (Å²) in [5.74, 6) is -0.646. The summed E-state index contributed by atoms with van der Waals surface area (Å²) in [4.78, 5) is 16.8. The standard InChI is InChI=1S/C22H24N4O7S/c1-30-18-8-6-16(22(32-3)13-33-14-22)11-19(18)34(28,29)25-20(27)17-7-5-15(21(24-17)31-2)12-26-10-4-9-23-26/h4-11H,12-14H2,1-3H3,(H,25,27). The van der Waals surface area contributed by atoms with Gasteiger partial charge < -0.3 is 18.9 Å². The monoisotopic (exact) mass is 488 g/mol. The molecule has 1 aliphatic rings. The van der Waals surface area contributed by atoms with Crippen LogP contribution in [0.25, 0.3) is 0 Å². The molecule has 1 fully saturated rings. The number of hydrogen-bond donors (Lipinski definition) is 1. The maximum Gasteiger partial charge on any atom is 0.283 e. The molecule has 1 N–H and O–H groups in total. The summed E-state index contributed by atoms with van der Waals surface area (Å²) in [6.07, 6.45) is 3.42. The van der Waals surface area contributed by atoms with Gasteiger partial charge in [-0.05, 0) is 35.9 Å². The zero-order valence-electron chi connectivity index (χ0n) is 18.8. The molecule has 0 aliphatic carbocycles. The maximum atomic E-state index is 13.1. The number of nitrogens with one attached hydrogen (secondary N) is 1. The smallest absolute Gasteiger partial charge is 0.283 e. The van der Waals surface area contributed by atoms with Crippen LogP contribution in [0.3, 0.4) is 0 Å². The van der Waals surface area contributed by atoms with Gasteiger partial charge in [0.05, 0.1) is 34.0 Å². The van der Waals surface area contributed by atoms with Gasteiger partial charge in [-0.15, -0.1) is 0 Å². The molecular formula is C22H24N4O7S. The first-order valence-electron chi connectivity index (χ1n) is 10.2. The van der Waals surface area contributed by atoms with Crippen LogP contribution in [0.4, 0.5) is 0 Å². The van der Waals surface area contributed by atoms with Crippen molar-refractivity contribution in [3.05, 3.63) is 65.6 Å². The summed E-state index contributed by atoms with van der Waals surface area (Å²) >= 11 is 0. The first kappa shape index (κ1) is 23.7. The van der Waals surface area contributed by atoms with Crippen LogP contribution in [0, 0.1) is 0 Å². The van der Waals surface area contributed by atoms with Crippen LogP contribution < -0.4 is 14.2 Å². The predicted octanol–water partition coefficient (Wildman–Crippen LogP) is 1.33. The quantitative estimate of drug-likeness (QED) is 0.474. The average molecular weight is 489 g/mol. The average Bonchev–Trinajstić information content (AvgIpc) is 3.31. The second-order valence-corrected chi connectivity index (χ2v) is 9.21. The minimum absolute atomic E-state index is 0.0793. The molecule has 0 spiro atoms. The van der Waals surface area contributed by atoms with E-state index in [-0.39, 0.29) is 35.4 Å². The van der Waals surface area contributed by atoms with Crippen LogP contribution in [-0.4, -0.2) is 63.6 Å². The van der Waals surface area contributed by atoms with E-state index in [0.717, 1.165) is 0 Å². The number of benzene rings is 1. The summed E-state index contributed by atoms with van der Waals surface area (Å²) in [7, 11) is -0.0240. The minimum atomic E-state index is -4.31. The molecule has 3 heterocycles. The van der Waals surface area contributed by atoms with E-state index in [1.54, 1.807) is 35.3 Å². The molecular weight excluding hydrogens is 464 g/mol. The van der Waals surface area contributed by atoms with Crippen molar-refractivity contribution >= 4 is 15.9 Å². The van der Waals surface area contributed by atoms with E-state index >= 15 is 0 Å². The van der Waals surface area contributed by atoms with Gasteiger partial charge in [-0.25, -0.2) is 18.1 Å². The summed E-state index contributed by atoms with van der Waals surface area (Å²) in [6, 6.07) is 9.47. The number of hydrogen-bond acceptors (Lipinski definition) is 9. The first-order valence-corrected chi connectivity index (χ1v) is 11.7. The largest absolute Gasteiger partial charge is 0.495 e. The van der Waals surface area contributed by atoms with Crippen LogP contribution in [0.1, 0.15) is 21.6 Å². The molecule has 34 heavy (non-hydrogen) atoms. The first-order chi connectivity index (χ1) is 16.3. The number of pyridine rings is 1. The van der Waals surface area contributed by atoms with Crippen molar-refractivity contribution in [2.24, 2.45) is 0 Å².